The molecule has 5 heteroatoms. The van der Waals surface area contributed by atoms with E-state index < -0.39 is 0 Å². The lowest BCUT2D eigenvalue weighted by molar-refractivity contribution is 0.0945. The molecule has 1 N–H and O–H groups in total. The third kappa shape index (κ3) is 6.38. The Hall–Kier alpha value is -3.21. The van der Waals surface area contributed by atoms with Crippen LogP contribution in [0.4, 0.5) is 4.39 Å². The van der Waals surface area contributed by atoms with Crippen molar-refractivity contribution in [2.45, 2.75) is 46.5 Å². The van der Waals surface area contributed by atoms with E-state index in [1.807, 2.05) is 6.07 Å². The average Bonchev–Trinajstić information content (AvgIpc) is 3.21. The van der Waals surface area contributed by atoms with Crippen LogP contribution in [-0.2, 0) is 6.42 Å². The number of benzene rings is 2. The van der Waals surface area contributed by atoms with Gasteiger partial charge in [0.1, 0.15) is 11.6 Å². The van der Waals surface area contributed by atoms with Crippen LogP contribution < -0.4 is 5.32 Å². The van der Waals surface area contributed by atoms with Crippen LogP contribution in [-0.4, -0.2) is 17.6 Å². The summed E-state index contributed by atoms with van der Waals surface area (Å²) >= 11 is 0. The molecule has 4 nitrogen and oxygen atoms in total. The lowest BCUT2D eigenvalue weighted by Gasteiger charge is -2.13. The van der Waals surface area contributed by atoms with Crippen LogP contribution in [0.15, 0.2) is 59.1 Å². The highest BCUT2D eigenvalue weighted by atomic mass is 19.1. The van der Waals surface area contributed by atoms with Crippen LogP contribution in [0.5, 0.6) is 0 Å². The summed E-state index contributed by atoms with van der Waals surface area (Å²) < 4.78 is 18.6. The molecule has 1 aromatic heterocycles. The molecule has 1 amide bonds. The molecular weight excluding hydrogens is 391 g/mol. The summed E-state index contributed by atoms with van der Waals surface area (Å²) in [4.78, 5) is 12.5. The topological polar surface area (TPSA) is 55.1 Å². The molecule has 3 rings (SSSR count). The van der Waals surface area contributed by atoms with E-state index in [4.69, 9.17) is 4.52 Å². The van der Waals surface area contributed by atoms with Crippen LogP contribution >= 0.6 is 0 Å². The molecule has 0 bridgehead atoms. The zero-order chi connectivity index (χ0) is 22.2. The Balaban J connectivity index is 1.60. The third-order valence-electron chi connectivity index (χ3n) is 5.16. The van der Waals surface area contributed by atoms with E-state index in [9.17, 15) is 9.18 Å². The van der Waals surface area contributed by atoms with Gasteiger partial charge in [-0.05, 0) is 61.1 Å². The fourth-order valence-electron chi connectivity index (χ4n) is 3.50. The SMILES string of the molecule is CCC/C=C(/CCNC(=O)c1cc(Cc2cccc(F)c2)on1)c1cc(C)ccc1C. The minimum atomic E-state index is -0.300. The van der Waals surface area contributed by atoms with Crippen molar-refractivity contribution in [1.82, 2.24) is 10.5 Å². The first-order chi connectivity index (χ1) is 15.0. The number of carbonyl (C=O) groups excluding carboxylic acids is 1. The number of halogens is 1. The summed E-state index contributed by atoms with van der Waals surface area (Å²) in [6, 6.07) is 14.4. The summed E-state index contributed by atoms with van der Waals surface area (Å²) in [6.45, 7) is 6.87. The number of nitrogens with one attached hydrogen (secondary N) is 1. The van der Waals surface area contributed by atoms with Crippen molar-refractivity contribution in [3.05, 3.63) is 94.1 Å². The second kappa shape index (κ2) is 10.7. The molecule has 0 spiro atoms. The first kappa shape index (κ1) is 22.5. The molecule has 3 aromatic rings. The van der Waals surface area contributed by atoms with Gasteiger partial charge in [-0.2, -0.15) is 0 Å². The van der Waals surface area contributed by atoms with Crippen molar-refractivity contribution in [2.75, 3.05) is 6.54 Å². The van der Waals surface area contributed by atoms with Gasteiger partial charge in [0, 0.05) is 19.0 Å². The van der Waals surface area contributed by atoms with E-state index in [2.05, 4.69) is 55.5 Å². The zero-order valence-corrected chi connectivity index (χ0v) is 18.4. The van der Waals surface area contributed by atoms with Crippen molar-refractivity contribution >= 4 is 11.5 Å². The second-order valence-corrected chi connectivity index (χ2v) is 7.83. The van der Waals surface area contributed by atoms with Crippen molar-refractivity contribution in [1.29, 1.82) is 0 Å². The maximum Gasteiger partial charge on any atom is 0.273 e. The van der Waals surface area contributed by atoms with Gasteiger partial charge in [-0.25, -0.2) is 4.39 Å². The van der Waals surface area contributed by atoms with E-state index in [-0.39, 0.29) is 17.4 Å². The Morgan fingerprint density at radius 3 is 2.77 bits per heavy atom. The van der Waals surface area contributed by atoms with E-state index >= 15 is 0 Å². The molecule has 31 heavy (non-hydrogen) atoms. The van der Waals surface area contributed by atoms with Gasteiger partial charge in [-0.3, -0.25) is 4.79 Å². The lowest BCUT2D eigenvalue weighted by atomic mass is 9.95. The third-order valence-corrected chi connectivity index (χ3v) is 5.16. The predicted octanol–water partition coefficient (Wildman–Crippen LogP) is 6.02. The van der Waals surface area contributed by atoms with E-state index in [0.717, 1.165) is 24.8 Å². The van der Waals surface area contributed by atoms with Gasteiger partial charge in [0.15, 0.2) is 5.69 Å². The van der Waals surface area contributed by atoms with Gasteiger partial charge >= 0.3 is 0 Å². The summed E-state index contributed by atoms with van der Waals surface area (Å²) in [6.07, 6.45) is 5.47. The fourth-order valence-corrected chi connectivity index (χ4v) is 3.50. The number of aryl methyl sites for hydroxylation is 2. The molecule has 0 radical (unpaired) electrons. The fraction of sp³-hybridized carbons (Fsp3) is 0.308. The molecule has 162 valence electrons. The highest BCUT2D eigenvalue weighted by molar-refractivity contribution is 5.92. The summed E-state index contributed by atoms with van der Waals surface area (Å²) in [5, 5.41) is 6.80. The Morgan fingerprint density at radius 1 is 1.16 bits per heavy atom. The molecule has 1 heterocycles. The van der Waals surface area contributed by atoms with Crippen LogP contribution in [0.2, 0.25) is 0 Å². The molecule has 0 saturated heterocycles. The summed E-state index contributed by atoms with van der Waals surface area (Å²) in [5.41, 5.74) is 5.94. The number of unbranched alkanes of at least 4 members (excludes halogenated alkanes) is 1. The van der Waals surface area contributed by atoms with Crippen molar-refractivity contribution in [3.8, 4) is 0 Å². The maximum atomic E-state index is 13.3. The Labute approximate surface area is 183 Å². The normalized spacial score (nSPS) is 11.5. The monoisotopic (exact) mass is 420 g/mol. The van der Waals surface area contributed by atoms with Gasteiger partial charge in [-0.15, -0.1) is 0 Å². The van der Waals surface area contributed by atoms with Crippen LogP contribution in [0.3, 0.4) is 0 Å². The van der Waals surface area contributed by atoms with Crippen molar-refractivity contribution in [2.24, 2.45) is 0 Å². The molecular formula is C26H29FN2O2. The van der Waals surface area contributed by atoms with Crippen LogP contribution in [0, 0.1) is 19.7 Å². The van der Waals surface area contributed by atoms with Crippen molar-refractivity contribution in [3.63, 3.8) is 0 Å². The van der Waals surface area contributed by atoms with E-state index in [0.29, 0.717) is 18.7 Å². The van der Waals surface area contributed by atoms with Gasteiger partial charge in [-0.1, -0.05) is 60.5 Å². The van der Waals surface area contributed by atoms with E-state index in [1.165, 1.54) is 34.4 Å². The predicted molar refractivity (Wildman–Crippen MR) is 121 cm³/mol. The number of hydrogen-bond donors (Lipinski definition) is 1. The number of carbonyl (C=O) groups is 1. The number of hydrogen-bond acceptors (Lipinski definition) is 3. The smallest absolute Gasteiger partial charge is 0.273 e. The minimum Gasteiger partial charge on any atom is -0.360 e. The molecule has 0 atom stereocenters. The van der Waals surface area contributed by atoms with Crippen LogP contribution in [0.1, 0.15) is 64.7 Å². The summed E-state index contributed by atoms with van der Waals surface area (Å²) in [5.74, 6) is -0.0505. The van der Waals surface area contributed by atoms with Gasteiger partial charge < -0.3 is 9.84 Å². The highest BCUT2D eigenvalue weighted by Gasteiger charge is 2.14. The second-order valence-electron chi connectivity index (χ2n) is 7.83. The van der Waals surface area contributed by atoms with Gasteiger partial charge in [0.05, 0.1) is 0 Å². The quantitative estimate of drug-likeness (QED) is 0.460. The lowest BCUT2D eigenvalue weighted by Crippen LogP contribution is -2.25. The summed E-state index contributed by atoms with van der Waals surface area (Å²) in [7, 11) is 0. The Bertz CT molecular complexity index is 1070. The first-order valence-corrected chi connectivity index (χ1v) is 10.7. The zero-order valence-electron chi connectivity index (χ0n) is 18.4. The molecule has 0 saturated carbocycles. The van der Waals surface area contributed by atoms with Crippen molar-refractivity contribution < 1.29 is 13.7 Å². The number of rotatable bonds is 9. The molecule has 0 unspecified atom stereocenters. The number of nitrogens with zero attached hydrogens (tertiary/aromatic N) is 1. The number of amides is 1. The van der Waals surface area contributed by atoms with E-state index in [1.54, 1.807) is 12.1 Å². The Morgan fingerprint density at radius 2 is 2.00 bits per heavy atom. The van der Waals surface area contributed by atoms with Gasteiger partial charge in [0.25, 0.3) is 5.91 Å². The molecule has 0 aliphatic rings. The molecule has 0 fully saturated rings. The first-order valence-electron chi connectivity index (χ1n) is 10.7. The Kier molecular flexibility index (Phi) is 7.76. The van der Waals surface area contributed by atoms with Gasteiger partial charge in [0.2, 0.25) is 0 Å². The standard InChI is InChI=1S/C26H29FN2O2/c1-4-5-8-21(24-14-18(2)10-11-19(24)3)12-13-28-26(30)25-17-23(31-29-25)16-20-7-6-9-22(27)15-20/h6-11,14-15,17H,4-5,12-13,16H2,1-3H3,(H,28,30)/b21-8-. The van der Waals surface area contributed by atoms with Crippen LogP contribution in [0.25, 0.3) is 5.57 Å². The molecule has 0 aliphatic heterocycles. The number of aromatic nitrogens is 1. The average molecular weight is 421 g/mol. The number of allylic oxidation sites excluding steroid dienone is 1. The largest absolute Gasteiger partial charge is 0.360 e. The molecule has 2 aromatic carbocycles. The minimum absolute atomic E-state index is 0.234. The maximum absolute atomic E-state index is 13.3. The molecule has 0 aliphatic carbocycles. The highest BCUT2D eigenvalue weighted by Crippen LogP contribution is 2.24.